The van der Waals surface area contributed by atoms with Crippen molar-refractivity contribution in [2.24, 2.45) is 0 Å². The van der Waals surface area contributed by atoms with Crippen LogP contribution in [-0.2, 0) is 0 Å². The van der Waals surface area contributed by atoms with Crippen molar-refractivity contribution >= 4 is 34.0 Å². The van der Waals surface area contributed by atoms with E-state index in [1.54, 1.807) is 12.3 Å². The van der Waals surface area contributed by atoms with Gasteiger partial charge in [0.1, 0.15) is 5.75 Å². The minimum atomic E-state index is -2.94. The zero-order chi connectivity index (χ0) is 16.1. The first-order valence-corrected chi connectivity index (χ1v) is 6.94. The van der Waals surface area contributed by atoms with Crippen LogP contribution in [0.4, 0.5) is 8.78 Å². The van der Waals surface area contributed by atoms with E-state index < -0.39 is 6.61 Å². The van der Waals surface area contributed by atoms with Gasteiger partial charge in [-0.1, -0.05) is 12.1 Å². The highest BCUT2D eigenvalue weighted by Gasteiger charge is 2.15. The number of hydrogen-bond acceptors (Lipinski definition) is 3. The predicted molar refractivity (Wildman–Crippen MR) is 83.0 cm³/mol. The number of aromatic amines is 1. The first-order chi connectivity index (χ1) is 10.5. The SMILES string of the molecule is N=C/C(Br)=C\c1c[nH]cc1C(=O)c1cccc(OC(F)F)c1. The van der Waals surface area contributed by atoms with Crippen LogP contribution in [0.2, 0.25) is 0 Å². The molecule has 0 unspecified atom stereocenters. The van der Waals surface area contributed by atoms with Crippen LogP contribution in [0.5, 0.6) is 5.75 Å². The molecule has 0 fully saturated rings. The zero-order valence-corrected chi connectivity index (χ0v) is 12.7. The molecule has 0 spiro atoms. The summed E-state index contributed by atoms with van der Waals surface area (Å²) < 4.78 is 29.2. The second kappa shape index (κ2) is 7.13. The molecule has 1 aromatic carbocycles. The molecule has 0 aliphatic rings. The van der Waals surface area contributed by atoms with E-state index in [9.17, 15) is 13.6 Å². The number of halogens is 3. The molecule has 22 heavy (non-hydrogen) atoms. The number of alkyl halides is 2. The van der Waals surface area contributed by atoms with Gasteiger partial charge in [-0.25, -0.2) is 0 Å². The number of aromatic nitrogens is 1. The molecule has 0 amide bonds. The molecule has 2 N–H and O–H groups in total. The number of carbonyl (C=O) groups excluding carboxylic acids is 1. The molecule has 7 heteroatoms. The number of ether oxygens (including phenoxy) is 1. The summed E-state index contributed by atoms with van der Waals surface area (Å²) in [5.41, 5.74) is 1.19. The fourth-order valence-electron chi connectivity index (χ4n) is 1.85. The van der Waals surface area contributed by atoms with Crippen molar-refractivity contribution in [3.8, 4) is 5.75 Å². The van der Waals surface area contributed by atoms with Gasteiger partial charge >= 0.3 is 6.61 Å². The Balaban J connectivity index is 2.33. The summed E-state index contributed by atoms with van der Waals surface area (Å²) in [7, 11) is 0. The molecule has 114 valence electrons. The van der Waals surface area contributed by atoms with Crippen molar-refractivity contribution in [2.75, 3.05) is 0 Å². The Morgan fingerprint density at radius 1 is 1.36 bits per heavy atom. The quantitative estimate of drug-likeness (QED) is 0.591. The average Bonchev–Trinajstić information content (AvgIpc) is 2.94. The lowest BCUT2D eigenvalue weighted by atomic mass is 10.0. The third kappa shape index (κ3) is 3.88. The topological polar surface area (TPSA) is 65.9 Å². The molecule has 2 rings (SSSR count). The van der Waals surface area contributed by atoms with Crippen LogP contribution >= 0.6 is 15.9 Å². The molecule has 1 heterocycles. The molecule has 0 radical (unpaired) electrons. The van der Waals surface area contributed by atoms with Gasteiger partial charge in [0.2, 0.25) is 0 Å². The number of H-pyrrole nitrogens is 1. The average molecular weight is 369 g/mol. The Labute approximate surface area is 133 Å². The summed E-state index contributed by atoms with van der Waals surface area (Å²) in [6.07, 6.45) is 5.82. The summed E-state index contributed by atoms with van der Waals surface area (Å²) in [5.74, 6) is -0.411. The van der Waals surface area contributed by atoms with Crippen molar-refractivity contribution in [1.29, 1.82) is 5.41 Å². The first kappa shape index (κ1) is 16.1. The van der Waals surface area contributed by atoms with E-state index in [2.05, 4.69) is 25.7 Å². The zero-order valence-electron chi connectivity index (χ0n) is 11.1. The van der Waals surface area contributed by atoms with Gasteiger partial charge in [0, 0.05) is 39.8 Å². The third-order valence-electron chi connectivity index (χ3n) is 2.77. The third-order valence-corrected chi connectivity index (χ3v) is 3.23. The normalized spacial score (nSPS) is 11.5. The molecule has 0 atom stereocenters. The number of allylic oxidation sites excluding steroid dienone is 1. The van der Waals surface area contributed by atoms with E-state index in [1.807, 2.05) is 0 Å². The molecular weight excluding hydrogens is 358 g/mol. The highest BCUT2D eigenvalue weighted by molar-refractivity contribution is 9.12. The lowest BCUT2D eigenvalue weighted by Gasteiger charge is -2.06. The van der Waals surface area contributed by atoms with Gasteiger partial charge in [-0.05, 0) is 34.1 Å². The van der Waals surface area contributed by atoms with E-state index >= 15 is 0 Å². The first-order valence-electron chi connectivity index (χ1n) is 6.15. The Bertz CT molecular complexity index is 726. The predicted octanol–water partition coefficient (Wildman–Crippen LogP) is 4.23. The Morgan fingerprint density at radius 3 is 2.82 bits per heavy atom. The van der Waals surface area contributed by atoms with Gasteiger partial charge in [0.05, 0.1) is 0 Å². The maximum absolute atomic E-state index is 12.5. The summed E-state index contributed by atoms with van der Waals surface area (Å²) in [5, 5.41) is 7.12. The van der Waals surface area contributed by atoms with Crippen LogP contribution in [-0.4, -0.2) is 23.6 Å². The van der Waals surface area contributed by atoms with Gasteiger partial charge in [-0.3, -0.25) is 4.79 Å². The second-order valence-corrected chi connectivity index (χ2v) is 5.15. The molecule has 0 saturated heterocycles. The van der Waals surface area contributed by atoms with E-state index in [1.165, 1.54) is 30.5 Å². The maximum atomic E-state index is 12.5. The van der Waals surface area contributed by atoms with Gasteiger partial charge in [-0.15, -0.1) is 0 Å². The van der Waals surface area contributed by atoms with Crippen LogP contribution in [0.3, 0.4) is 0 Å². The Kier molecular flexibility index (Phi) is 5.21. The standard InChI is InChI=1S/C15H11BrF2N2O2/c16-11(6-19)4-10-7-20-8-13(10)14(21)9-2-1-3-12(5-9)22-15(17)18/h1-8,15,19-20H/b11-4+,19-6?. The van der Waals surface area contributed by atoms with E-state index in [4.69, 9.17) is 5.41 Å². The largest absolute Gasteiger partial charge is 0.435 e. The van der Waals surface area contributed by atoms with Crippen molar-refractivity contribution in [1.82, 2.24) is 4.98 Å². The minimum absolute atomic E-state index is 0.0749. The highest BCUT2D eigenvalue weighted by atomic mass is 79.9. The number of benzene rings is 1. The van der Waals surface area contributed by atoms with Gasteiger partial charge in [-0.2, -0.15) is 8.78 Å². The van der Waals surface area contributed by atoms with Crippen molar-refractivity contribution in [3.63, 3.8) is 0 Å². The Hall–Kier alpha value is -2.28. The van der Waals surface area contributed by atoms with Gasteiger partial charge in [0.25, 0.3) is 0 Å². The number of hydrogen-bond donors (Lipinski definition) is 2. The molecule has 0 aliphatic heterocycles. The summed E-state index contributed by atoms with van der Waals surface area (Å²) in [6, 6.07) is 5.61. The summed E-state index contributed by atoms with van der Waals surface area (Å²) >= 11 is 3.17. The number of carbonyl (C=O) groups is 1. The van der Waals surface area contributed by atoms with Crippen LogP contribution in [0.1, 0.15) is 21.5 Å². The van der Waals surface area contributed by atoms with E-state index in [0.717, 1.165) is 6.21 Å². The lowest BCUT2D eigenvalue weighted by Crippen LogP contribution is -2.05. The monoisotopic (exact) mass is 368 g/mol. The van der Waals surface area contributed by atoms with Crippen molar-refractivity contribution in [3.05, 3.63) is 57.8 Å². The number of rotatable bonds is 6. The van der Waals surface area contributed by atoms with Crippen LogP contribution in [0, 0.1) is 5.41 Å². The Morgan fingerprint density at radius 2 is 2.14 bits per heavy atom. The van der Waals surface area contributed by atoms with E-state index in [-0.39, 0.29) is 17.1 Å². The number of nitrogens with one attached hydrogen (secondary N) is 2. The van der Waals surface area contributed by atoms with Gasteiger partial charge < -0.3 is 15.1 Å². The summed E-state index contributed by atoms with van der Waals surface area (Å²) in [4.78, 5) is 15.3. The molecule has 4 nitrogen and oxygen atoms in total. The molecule has 0 bridgehead atoms. The van der Waals surface area contributed by atoms with Crippen molar-refractivity contribution < 1.29 is 18.3 Å². The minimum Gasteiger partial charge on any atom is -0.435 e. The van der Waals surface area contributed by atoms with Crippen LogP contribution in [0.25, 0.3) is 6.08 Å². The lowest BCUT2D eigenvalue weighted by molar-refractivity contribution is -0.0498. The molecular formula is C15H11BrF2N2O2. The molecule has 1 aromatic heterocycles. The smallest absolute Gasteiger partial charge is 0.387 e. The fraction of sp³-hybridized carbons (Fsp3) is 0.0667. The van der Waals surface area contributed by atoms with Gasteiger partial charge in [0.15, 0.2) is 5.78 Å². The maximum Gasteiger partial charge on any atom is 0.387 e. The second-order valence-electron chi connectivity index (χ2n) is 4.23. The molecule has 0 aliphatic carbocycles. The van der Waals surface area contributed by atoms with Crippen molar-refractivity contribution in [2.45, 2.75) is 6.61 Å². The highest BCUT2D eigenvalue weighted by Crippen LogP contribution is 2.22. The van der Waals surface area contributed by atoms with E-state index in [0.29, 0.717) is 15.6 Å². The number of ketones is 1. The van der Waals surface area contributed by atoms with Crippen LogP contribution < -0.4 is 4.74 Å². The fourth-order valence-corrected chi connectivity index (χ4v) is 2.10. The molecule has 2 aromatic rings. The summed E-state index contributed by atoms with van der Waals surface area (Å²) in [6.45, 7) is -2.94. The van der Waals surface area contributed by atoms with Crippen LogP contribution in [0.15, 0.2) is 41.1 Å². The molecule has 0 saturated carbocycles.